The first-order valence-corrected chi connectivity index (χ1v) is 6.18. The van der Waals surface area contributed by atoms with Crippen molar-refractivity contribution in [2.45, 2.75) is 13.5 Å². The van der Waals surface area contributed by atoms with Crippen molar-refractivity contribution in [3.8, 4) is 5.75 Å². The lowest BCUT2D eigenvalue weighted by atomic mass is 10.2. The van der Waals surface area contributed by atoms with Crippen LogP contribution >= 0.6 is 15.9 Å². The Hall–Kier alpha value is -1.42. The van der Waals surface area contributed by atoms with Crippen LogP contribution in [0.15, 0.2) is 40.9 Å². The van der Waals surface area contributed by atoms with Gasteiger partial charge in [0.05, 0.1) is 0 Å². The molecule has 0 unspecified atom stereocenters. The van der Waals surface area contributed by atoms with Gasteiger partial charge in [0.15, 0.2) is 0 Å². The first-order chi connectivity index (χ1) is 8.56. The monoisotopic (exact) mass is 312 g/mol. The smallest absolute Gasteiger partial charge is 0.130 e. The van der Waals surface area contributed by atoms with E-state index in [1.54, 1.807) is 25.1 Å². The highest BCUT2D eigenvalue weighted by atomic mass is 79.9. The molecule has 0 fully saturated rings. The molecule has 2 rings (SSSR count). The predicted molar refractivity (Wildman–Crippen MR) is 69.6 cm³/mol. The van der Waals surface area contributed by atoms with E-state index in [2.05, 4.69) is 15.9 Å². The Labute approximate surface area is 113 Å². The fourth-order valence-corrected chi connectivity index (χ4v) is 1.84. The first kappa shape index (κ1) is 13.0. The lowest BCUT2D eigenvalue weighted by molar-refractivity contribution is 0.299. The summed E-state index contributed by atoms with van der Waals surface area (Å²) in [5.74, 6) is -0.0865. The predicted octanol–water partition coefficient (Wildman–Crippen LogP) is 4.61. The van der Waals surface area contributed by atoms with Gasteiger partial charge in [-0.15, -0.1) is 0 Å². The van der Waals surface area contributed by atoms with Gasteiger partial charge < -0.3 is 4.74 Å². The second kappa shape index (κ2) is 5.48. The summed E-state index contributed by atoms with van der Waals surface area (Å²) >= 11 is 3.19. The molecule has 0 bridgehead atoms. The molecule has 0 aliphatic heterocycles. The maximum absolute atomic E-state index is 13.5. The maximum atomic E-state index is 13.5. The third-order valence-corrected chi connectivity index (χ3v) is 3.03. The summed E-state index contributed by atoms with van der Waals surface area (Å²) < 4.78 is 32.7. The molecule has 18 heavy (non-hydrogen) atoms. The van der Waals surface area contributed by atoms with Crippen molar-refractivity contribution in [1.82, 2.24) is 0 Å². The van der Waals surface area contributed by atoms with E-state index in [0.717, 1.165) is 0 Å². The molecular formula is C14H11BrF2O. The number of hydrogen-bond acceptors (Lipinski definition) is 1. The molecule has 94 valence electrons. The molecule has 0 aliphatic rings. The Bertz CT molecular complexity index is 570. The Morgan fingerprint density at radius 2 is 1.83 bits per heavy atom. The Morgan fingerprint density at radius 3 is 2.50 bits per heavy atom. The molecule has 0 aromatic heterocycles. The molecule has 1 nitrogen and oxygen atoms in total. The van der Waals surface area contributed by atoms with E-state index in [1.807, 2.05) is 0 Å². The van der Waals surface area contributed by atoms with E-state index in [0.29, 0.717) is 21.3 Å². The molecule has 0 heterocycles. The number of rotatable bonds is 3. The van der Waals surface area contributed by atoms with Gasteiger partial charge in [-0.3, -0.25) is 0 Å². The number of aryl methyl sites for hydroxylation is 1. The van der Waals surface area contributed by atoms with Gasteiger partial charge in [-0.25, -0.2) is 8.78 Å². The first-order valence-electron chi connectivity index (χ1n) is 5.39. The summed E-state index contributed by atoms with van der Waals surface area (Å²) in [7, 11) is 0. The van der Waals surface area contributed by atoms with Crippen LogP contribution in [0, 0.1) is 18.6 Å². The van der Waals surface area contributed by atoms with E-state index in [4.69, 9.17) is 4.74 Å². The molecule has 0 N–H and O–H groups in total. The van der Waals surface area contributed by atoms with E-state index < -0.39 is 0 Å². The van der Waals surface area contributed by atoms with Crippen molar-refractivity contribution in [3.63, 3.8) is 0 Å². The summed E-state index contributed by atoms with van der Waals surface area (Å²) in [4.78, 5) is 0. The van der Waals surface area contributed by atoms with Crippen molar-refractivity contribution >= 4 is 15.9 Å². The molecule has 0 saturated carbocycles. The summed E-state index contributed by atoms with van der Waals surface area (Å²) in [6, 6.07) is 9.23. The molecule has 0 amide bonds. The quantitative estimate of drug-likeness (QED) is 0.804. The van der Waals surface area contributed by atoms with Gasteiger partial charge in [-0.1, -0.05) is 22.0 Å². The minimum Gasteiger partial charge on any atom is -0.489 e. The highest BCUT2D eigenvalue weighted by Gasteiger charge is 2.05. The van der Waals surface area contributed by atoms with Crippen LogP contribution < -0.4 is 4.74 Å². The fraction of sp³-hybridized carbons (Fsp3) is 0.143. The zero-order chi connectivity index (χ0) is 13.1. The maximum Gasteiger partial charge on any atom is 0.130 e. The van der Waals surface area contributed by atoms with Crippen molar-refractivity contribution < 1.29 is 13.5 Å². The third kappa shape index (κ3) is 3.07. The molecule has 0 aliphatic carbocycles. The Kier molecular flexibility index (Phi) is 3.97. The lowest BCUT2D eigenvalue weighted by Gasteiger charge is -2.08. The van der Waals surface area contributed by atoms with Crippen LogP contribution in [0.4, 0.5) is 8.78 Å². The molecule has 0 atom stereocenters. The Balaban J connectivity index is 2.09. The van der Waals surface area contributed by atoms with Crippen LogP contribution in [0.25, 0.3) is 0 Å². The van der Waals surface area contributed by atoms with E-state index in [1.165, 1.54) is 18.2 Å². The second-order valence-corrected chi connectivity index (χ2v) is 4.85. The van der Waals surface area contributed by atoms with Crippen molar-refractivity contribution in [1.29, 1.82) is 0 Å². The van der Waals surface area contributed by atoms with Crippen LogP contribution in [-0.2, 0) is 6.61 Å². The largest absolute Gasteiger partial charge is 0.489 e. The van der Waals surface area contributed by atoms with Crippen LogP contribution in [0.1, 0.15) is 11.1 Å². The average Bonchev–Trinajstić information content (AvgIpc) is 2.32. The molecule has 2 aromatic rings. The van der Waals surface area contributed by atoms with Crippen LogP contribution in [0.3, 0.4) is 0 Å². The minimum atomic E-state index is -0.330. The van der Waals surface area contributed by atoms with E-state index in [9.17, 15) is 8.78 Å². The molecule has 0 saturated heterocycles. The lowest BCUT2D eigenvalue weighted by Crippen LogP contribution is -1.99. The van der Waals surface area contributed by atoms with Gasteiger partial charge in [0.2, 0.25) is 0 Å². The van der Waals surface area contributed by atoms with Gasteiger partial charge in [-0.2, -0.15) is 0 Å². The summed E-state index contributed by atoms with van der Waals surface area (Å²) in [5.41, 5.74) is 0.962. The molecule has 0 radical (unpaired) electrons. The van der Waals surface area contributed by atoms with Gasteiger partial charge in [-0.05, 0) is 42.8 Å². The zero-order valence-electron chi connectivity index (χ0n) is 9.71. The van der Waals surface area contributed by atoms with Crippen LogP contribution in [0.2, 0.25) is 0 Å². The number of halogens is 3. The molecule has 4 heteroatoms. The number of hydrogen-bond donors (Lipinski definition) is 0. The highest BCUT2D eigenvalue weighted by Crippen LogP contribution is 2.20. The summed E-state index contributed by atoms with van der Waals surface area (Å²) in [6.07, 6.45) is 0. The standard InChI is InChI=1S/C14H11BrF2O/c1-9-6-12(4-5-13(9)16)18-8-10-2-3-11(15)7-14(10)17/h2-7H,8H2,1H3. The number of benzene rings is 2. The summed E-state index contributed by atoms with van der Waals surface area (Å²) in [5, 5.41) is 0. The zero-order valence-corrected chi connectivity index (χ0v) is 11.3. The van der Waals surface area contributed by atoms with Gasteiger partial charge in [0, 0.05) is 10.0 Å². The van der Waals surface area contributed by atoms with Crippen molar-refractivity contribution in [2.75, 3.05) is 0 Å². The Morgan fingerprint density at radius 1 is 1.06 bits per heavy atom. The van der Waals surface area contributed by atoms with E-state index in [-0.39, 0.29) is 18.2 Å². The summed E-state index contributed by atoms with van der Waals surface area (Å²) in [6.45, 7) is 1.77. The normalized spacial score (nSPS) is 10.4. The van der Waals surface area contributed by atoms with Crippen molar-refractivity contribution in [3.05, 3.63) is 63.6 Å². The van der Waals surface area contributed by atoms with Gasteiger partial charge in [0.25, 0.3) is 0 Å². The van der Waals surface area contributed by atoms with Gasteiger partial charge in [0.1, 0.15) is 24.0 Å². The molecule has 0 spiro atoms. The number of ether oxygens (including phenoxy) is 1. The SMILES string of the molecule is Cc1cc(OCc2ccc(Br)cc2F)ccc1F. The van der Waals surface area contributed by atoms with Crippen LogP contribution in [0.5, 0.6) is 5.75 Å². The highest BCUT2D eigenvalue weighted by molar-refractivity contribution is 9.10. The van der Waals surface area contributed by atoms with Gasteiger partial charge >= 0.3 is 0 Å². The van der Waals surface area contributed by atoms with Crippen molar-refractivity contribution in [2.24, 2.45) is 0 Å². The topological polar surface area (TPSA) is 9.23 Å². The van der Waals surface area contributed by atoms with Crippen LogP contribution in [-0.4, -0.2) is 0 Å². The fourth-order valence-electron chi connectivity index (χ4n) is 1.51. The third-order valence-electron chi connectivity index (χ3n) is 2.54. The second-order valence-electron chi connectivity index (χ2n) is 3.94. The minimum absolute atomic E-state index is 0.115. The molecular weight excluding hydrogens is 302 g/mol. The van der Waals surface area contributed by atoms with E-state index >= 15 is 0 Å². The molecule has 2 aromatic carbocycles. The average molecular weight is 313 g/mol.